The maximum atomic E-state index is 4.49. The quantitative estimate of drug-likeness (QED) is 0.838. The highest BCUT2D eigenvalue weighted by atomic mass is 79.9. The van der Waals surface area contributed by atoms with Crippen LogP contribution in [0.1, 0.15) is 5.69 Å². The summed E-state index contributed by atoms with van der Waals surface area (Å²) in [6.45, 7) is 3.76. The Bertz CT molecular complexity index is 600. The van der Waals surface area contributed by atoms with Gasteiger partial charge in [0.25, 0.3) is 0 Å². The zero-order valence-corrected chi connectivity index (χ0v) is 14.1. The highest BCUT2D eigenvalue weighted by molar-refractivity contribution is 9.10. The normalized spacial score (nSPS) is 10.7. The third kappa shape index (κ3) is 4.99. The number of halogens is 1. The Morgan fingerprint density at radius 2 is 1.95 bits per heavy atom. The monoisotopic (exact) mass is 349 g/mol. The fourth-order valence-electron chi connectivity index (χ4n) is 1.81. The minimum absolute atomic E-state index is 0.592. The molecule has 0 amide bonds. The second kappa shape index (κ2) is 7.38. The standard InChI is InChI=1S/C15H20BrN5/c1-11-10-14(17-8-9-21(2)3)20-15(18-11)19-13-7-5-4-6-12(13)16/h4-7,10H,8-9H2,1-3H3,(H2,17,18,19,20). The van der Waals surface area contributed by atoms with Crippen LogP contribution < -0.4 is 10.6 Å². The smallest absolute Gasteiger partial charge is 0.229 e. The Balaban J connectivity index is 2.10. The molecular weight excluding hydrogens is 330 g/mol. The van der Waals surface area contributed by atoms with Gasteiger partial charge >= 0.3 is 0 Å². The molecule has 1 aromatic carbocycles. The van der Waals surface area contributed by atoms with Crippen LogP contribution >= 0.6 is 15.9 Å². The first-order valence-electron chi connectivity index (χ1n) is 6.80. The largest absolute Gasteiger partial charge is 0.369 e. The van der Waals surface area contributed by atoms with Crippen molar-refractivity contribution in [3.8, 4) is 0 Å². The molecule has 0 fully saturated rings. The maximum Gasteiger partial charge on any atom is 0.229 e. The first-order chi connectivity index (χ1) is 10.0. The second-order valence-corrected chi connectivity index (χ2v) is 5.91. The van der Waals surface area contributed by atoms with E-state index in [2.05, 4.69) is 41.4 Å². The van der Waals surface area contributed by atoms with Gasteiger partial charge in [0.2, 0.25) is 5.95 Å². The lowest BCUT2D eigenvalue weighted by Crippen LogP contribution is -2.21. The first kappa shape index (κ1) is 15.7. The van der Waals surface area contributed by atoms with E-state index in [-0.39, 0.29) is 0 Å². The molecule has 0 bridgehead atoms. The molecule has 2 N–H and O–H groups in total. The number of hydrogen-bond acceptors (Lipinski definition) is 5. The molecule has 0 spiro atoms. The Morgan fingerprint density at radius 1 is 1.19 bits per heavy atom. The van der Waals surface area contributed by atoms with E-state index in [1.807, 2.05) is 51.4 Å². The molecule has 6 heteroatoms. The summed E-state index contributed by atoms with van der Waals surface area (Å²) in [5, 5.41) is 6.55. The highest BCUT2D eigenvalue weighted by Gasteiger charge is 2.05. The summed E-state index contributed by atoms with van der Waals surface area (Å²) in [6, 6.07) is 9.85. The van der Waals surface area contributed by atoms with Crippen LogP contribution in [0.25, 0.3) is 0 Å². The Morgan fingerprint density at radius 3 is 2.67 bits per heavy atom. The molecule has 0 unspecified atom stereocenters. The Hall–Kier alpha value is -1.66. The van der Waals surface area contributed by atoms with Crippen molar-refractivity contribution in [2.24, 2.45) is 0 Å². The zero-order chi connectivity index (χ0) is 15.2. The molecule has 0 saturated carbocycles. The number of aromatic nitrogens is 2. The molecule has 0 atom stereocenters. The fraction of sp³-hybridized carbons (Fsp3) is 0.333. The lowest BCUT2D eigenvalue weighted by molar-refractivity contribution is 0.425. The molecule has 0 saturated heterocycles. The van der Waals surface area contributed by atoms with Gasteiger partial charge in [-0.1, -0.05) is 12.1 Å². The molecule has 1 heterocycles. The SMILES string of the molecule is Cc1cc(NCCN(C)C)nc(Nc2ccccc2Br)n1. The van der Waals surface area contributed by atoms with E-state index in [9.17, 15) is 0 Å². The van der Waals surface area contributed by atoms with Gasteiger partial charge in [-0.2, -0.15) is 4.98 Å². The number of likely N-dealkylation sites (N-methyl/N-ethyl adjacent to an activating group) is 1. The van der Waals surface area contributed by atoms with Gasteiger partial charge in [0.05, 0.1) is 5.69 Å². The minimum atomic E-state index is 0.592. The van der Waals surface area contributed by atoms with Crippen LogP contribution in [0.3, 0.4) is 0 Å². The van der Waals surface area contributed by atoms with Gasteiger partial charge in [0.1, 0.15) is 5.82 Å². The van der Waals surface area contributed by atoms with E-state index in [1.165, 1.54) is 0 Å². The molecule has 2 aromatic rings. The van der Waals surface area contributed by atoms with Gasteiger partial charge in [0, 0.05) is 29.3 Å². The highest BCUT2D eigenvalue weighted by Crippen LogP contribution is 2.24. The van der Waals surface area contributed by atoms with E-state index in [4.69, 9.17) is 0 Å². The molecule has 112 valence electrons. The van der Waals surface area contributed by atoms with E-state index < -0.39 is 0 Å². The Labute approximate surface area is 133 Å². The summed E-state index contributed by atoms with van der Waals surface area (Å²) in [5.41, 5.74) is 1.87. The number of benzene rings is 1. The van der Waals surface area contributed by atoms with Crippen molar-refractivity contribution in [3.05, 3.63) is 40.5 Å². The van der Waals surface area contributed by atoms with Crippen LogP contribution in [0, 0.1) is 6.92 Å². The van der Waals surface area contributed by atoms with Crippen LogP contribution in [0.5, 0.6) is 0 Å². The molecule has 2 rings (SSSR count). The van der Waals surface area contributed by atoms with E-state index in [0.717, 1.165) is 34.8 Å². The van der Waals surface area contributed by atoms with E-state index >= 15 is 0 Å². The topological polar surface area (TPSA) is 53.1 Å². The first-order valence-corrected chi connectivity index (χ1v) is 7.60. The molecular formula is C15H20BrN5. The Kier molecular flexibility index (Phi) is 5.52. The summed E-state index contributed by atoms with van der Waals surface area (Å²) in [7, 11) is 4.10. The van der Waals surface area contributed by atoms with Crippen LogP contribution in [0.2, 0.25) is 0 Å². The minimum Gasteiger partial charge on any atom is -0.369 e. The second-order valence-electron chi connectivity index (χ2n) is 5.05. The van der Waals surface area contributed by atoms with Crippen LogP contribution in [-0.2, 0) is 0 Å². The molecule has 0 radical (unpaired) electrons. The van der Waals surface area contributed by atoms with Gasteiger partial charge in [-0.05, 0) is 49.1 Å². The van der Waals surface area contributed by atoms with Crippen molar-refractivity contribution < 1.29 is 0 Å². The number of aryl methyl sites for hydroxylation is 1. The van der Waals surface area contributed by atoms with Crippen molar-refractivity contribution >= 4 is 33.4 Å². The number of anilines is 3. The maximum absolute atomic E-state index is 4.49. The molecule has 21 heavy (non-hydrogen) atoms. The van der Waals surface area contributed by atoms with Gasteiger partial charge in [-0.3, -0.25) is 0 Å². The summed E-state index contributed by atoms with van der Waals surface area (Å²) in [5.74, 6) is 1.42. The van der Waals surface area contributed by atoms with Crippen molar-refractivity contribution in [2.75, 3.05) is 37.8 Å². The molecule has 5 nitrogen and oxygen atoms in total. The van der Waals surface area contributed by atoms with Crippen LogP contribution in [-0.4, -0.2) is 42.1 Å². The van der Waals surface area contributed by atoms with Gasteiger partial charge in [-0.25, -0.2) is 4.98 Å². The average Bonchev–Trinajstić information content (AvgIpc) is 2.40. The molecule has 1 aromatic heterocycles. The molecule has 0 aliphatic carbocycles. The predicted molar refractivity (Wildman–Crippen MR) is 91.2 cm³/mol. The number of hydrogen-bond donors (Lipinski definition) is 2. The average molecular weight is 350 g/mol. The number of nitrogens with one attached hydrogen (secondary N) is 2. The zero-order valence-electron chi connectivity index (χ0n) is 12.5. The summed E-state index contributed by atoms with van der Waals surface area (Å²) in [6.07, 6.45) is 0. The lowest BCUT2D eigenvalue weighted by Gasteiger charge is -2.13. The number of rotatable bonds is 6. The van der Waals surface area contributed by atoms with Crippen molar-refractivity contribution in [3.63, 3.8) is 0 Å². The number of nitrogens with zero attached hydrogens (tertiary/aromatic N) is 3. The van der Waals surface area contributed by atoms with E-state index in [1.54, 1.807) is 0 Å². The lowest BCUT2D eigenvalue weighted by atomic mass is 10.3. The fourth-order valence-corrected chi connectivity index (χ4v) is 2.19. The number of para-hydroxylation sites is 1. The summed E-state index contributed by atoms with van der Waals surface area (Å²) in [4.78, 5) is 11.0. The third-order valence-electron chi connectivity index (χ3n) is 2.84. The van der Waals surface area contributed by atoms with Crippen molar-refractivity contribution in [1.29, 1.82) is 0 Å². The van der Waals surface area contributed by atoms with Gasteiger partial charge in [-0.15, -0.1) is 0 Å². The molecule has 0 aliphatic heterocycles. The third-order valence-corrected chi connectivity index (χ3v) is 3.53. The summed E-state index contributed by atoms with van der Waals surface area (Å²) >= 11 is 3.51. The molecule has 0 aliphatic rings. The van der Waals surface area contributed by atoms with Crippen LogP contribution in [0.4, 0.5) is 17.5 Å². The van der Waals surface area contributed by atoms with Gasteiger partial charge < -0.3 is 15.5 Å². The van der Waals surface area contributed by atoms with Crippen LogP contribution in [0.15, 0.2) is 34.8 Å². The summed E-state index contributed by atoms with van der Waals surface area (Å²) < 4.78 is 0.984. The van der Waals surface area contributed by atoms with Crippen molar-refractivity contribution in [2.45, 2.75) is 6.92 Å². The van der Waals surface area contributed by atoms with Gasteiger partial charge in [0.15, 0.2) is 0 Å². The van der Waals surface area contributed by atoms with Crippen molar-refractivity contribution in [1.82, 2.24) is 14.9 Å². The van der Waals surface area contributed by atoms with E-state index in [0.29, 0.717) is 5.95 Å². The predicted octanol–water partition coefficient (Wildman–Crippen LogP) is 3.26.